The molecule has 0 bridgehead atoms. The molecule has 3 aromatic carbocycles. The first-order valence-corrected chi connectivity index (χ1v) is 8.37. The summed E-state index contributed by atoms with van der Waals surface area (Å²) in [4.78, 5) is 0.104. The van der Waals surface area contributed by atoms with Gasteiger partial charge in [-0.2, -0.15) is 0 Å². The Kier molecular flexibility index (Phi) is 4.11. The fourth-order valence-electron chi connectivity index (χ4n) is 2.36. The van der Waals surface area contributed by atoms with Crippen LogP contribution in [0.1, 0.15) is 5.56 Å². The lowest BCUT2D eigenvalue weighted by Gasteiger charge is -2.10. The average molecular weight is 333 g/mol. The van der Waals surface area contributed by atoms with Gasteiger partial charge in [0, 0.05) is 17.5 Å². The molecule has 0 aliphatic rings. The zero-order valence-electron chi connectivity index (χ0n) is 12.0. The van der Waals surface area contributed by atoms with E-state index in [9.17, 15) is 17.2 Å². The number of nitrogens with one attached hydrogen (secondary N) is 1. The van der Waals surface area contributed by atoms with Crippen LogP contribution in [0.4, 0.5) is 8.78 Å². The Labute approximate surface area is 132 Å². The average Bonchev–Trinajstić information content (AvgIpc) is 2.55. The molecular formula is C17H13F2NO2S. The van der Waals surface area contributed by atoms with Gasteiger partial charge in [0.15, 0.2) is 0 Å². The van der Waals surface area contributed by atoms with Crippen molar-refractivity contribution in [2.24, 2.45) is 0 Å². The molecule has 0 saturated heterocycles. The van der Waals surface area contributed by atoms with Gasteiger partial charge in [-0.25, -0.2) is 21.9 Å². The molecule has 0 aromatic heterocycles. The highest BCUT2D eigenvalue weighted by Crippen LogP contribution is 2.23. The maximum Gasteiger partial charge on any atom is 0.241 e. The summed E-state index contributed by atoms with van der Waals surface area (Å²) < 4.78 is 54.0. The number of sulfonamides is 1. The van der Waals surface area contributed by atoms with Crippen LogP contribution in [0.2, 0.25) is 0 Å². The lowest BCUT2D eigenvalue weighted by molar-refractivity contribution is 0.567. The van der Waals surface area contributed by atoms with Gasteiger partial charge in [0.1, 0.15) is 11.6 Å². The number of rotatable bonds is 4. The van der Waals surface area contributed by atoms with E-state index in [2.05, 4.69) is 4.72 Å². The van der Waals surface area contributed by atoms with Crippen molar-refractivity contribution in [2.45, 2.75) is 11.4 Å². The highest BCUT2D eigenvalue weighted by Gasteiger charge is 2.17. The summed E-state index contributed by atoms with van der Waals surface area (Å²) in [5.74, 6) is -1.28. The molecule has 3 aromatic rings. The predicted molar refractivity (Wildman–Crippen MR) is 84.3 cm³/mol. The fourth-order valence-corrected chi connectivity index (χ4v) is 3.59. The molecule has 0 amide bonds. The summed E-state index contributed by atoms with van der Waals surface area (Å²) in [6.07, 6.45) is 0. The van der Waals surface area contributed by atoms with Gasteiger partial charge < -0.3 is 0 Å². The lowest BCUT2D eigenvalue weighted by atomic mass is 10.1. The van der Waals surface area contributed by atoms with E-state index in [0.717, 1.165) is 23.6 Å². The Hall–Kier alpha value is -2.31. The minimum absolute atomic E-state index is 0.0474. The summed E-state index contributed by atoms with van der Waals surface area (Å²) in [6, 6.07) is 14.9. The van der Waals surface area contributed by atoms with Crippen molar-refractivity contribution in [1.82, 2.24) is 4.72 Å². The van der Waals surface area contributed by atoms with Crippen LogP contribution in [0.15, 0.2) is 65.6 Å². The third-order valence-corrected chi connectivity index (χ3v) is 4.96. The van der Waals surface area contributed by atoms with E-state index in [-0.39, 0.29) is 17.0 Å². The SMILES string of the molecule is O=S(=O)(NCc1cc(F)ccc1F)c1cccc2ccccc12. The van der Waals surface area contributed by atoms with Crippen LogP contribution in [0, 0.1) is 11.6 Å². The van der Waals surface area contributed by atoms with Gasteiger partial charge in [0.2, 0.25) is 10.0 Å². The maximum absolute atomic E-state index is 13.6. The van der Waals surface area contributed by atoms with E-state index < -0.39 is 21.7 Å². The fraction of sp³-hybridized carbons (Fsp3) is 0.0588. The van der Waals surface area contributed by atoms with Gasteiger partial charge in [-0.1, -0.05) is 36.4 Å². The molecule has 0 aliphatic carbocycles. The molecule has 0 spiro atoms. The number of hydrogen-bond acceptors (Lipinski definition) is 2. The molecule has 0 heterocycles. The number of hydrogen-bond donors (Lipinski definition) is 1. The van der Waals surface area contributed by atoms with Crippen molar-refractivity contribution in [3.63, 3.8) is 0 Å². The Balaban J connectivity index is 1.94. The quantitative estimate of drug-likeness (QED) is 0.793. The predicted octanol–water partition coefficient (Wildman–Crippen LogP) is 3.60. The van der Waals surface area contributed by atoms with Crippen LogP contribution in [0.25, 0.3) is 10.8 Å². The van der Waals surface area contributed by atoms with E-state index in [1.807, 2.05) is 6.07 Å². The standard InChI is InChI=1S/C17H13F2NO2S/c18-14-8-9-16(19)13(10-14)11-20-23(21,22)17-7-3-5-12-4-1-2-6-15(12)17/h1-10,20H,11H2. The second kappa shape index (κ2) is 6.06. The van der Waals surface area contributed by atoms with Crippen molar-refractivity contribution in [3.8, 4) is 0 Å². The molecule has 3 nitrogen and oxygen atoms in total. The minimum atomic E-state index is -3.85. The molecule has 0 fully saturated rings. The molecule has 23 heavy (non-hydrogen) atoms. The molecule has 1 N–H and O–H groups in total. The summed E-state index contributed by atoms with van der Waals surface area (Å²) >= 11 is 0. The number of halogens is 2. The second-order valence-electron chi connectivity index (χ2n) is 5.04. The normalized spacial score (nSPS) is 11.7. The van der Waals surface area contributed by atoms with Crippen LogP contribution < -0.4 is 4.72 Å². The number of fused-ring (bicyclic) bond motifs is 1. The van der Waals surface area contributed by atoms with Crippen molar-refractivity contribution in [2.75, 3.05) is 0 Å². The van der Waals surface area contributed by atoms with Gasteiger partial charge in [0.25, 0.3) is 0 Å². The first-order chi connectivity index (χ1) is 11.0. The largest absolute Gasteiger partial charge is 0.241 e. The van der Waals surface area contributed by atoms with Gasteiger partial charge >= 0.3 is 0 Å². The van der Waals surface area contributed by atoms with Crippen LogP contribution >= 0.6 is 0 Å². The second-order valence-corrected chi connectivity index (χ2v) is 6.77. The van der Waals surface area contributed by atoms with E-state index in [1.165, 1.54) is 6.07 Å². The summed E-state index contributed by atoms with van der Waals surface area (Å²) in [5, 5.41) is 1.36. The lowest BCUT2D eigenvalue weighted by Crippen LogP contribution is -2.24. The molecule has 0 aliphatic heterocycles. The van der Waals surface area contributed by atoms with Gasteiger partial charge in [-0.05, 0) is 29.7 Å². The van der Waals surface area contributed by atoms with Crippen LogP contribution in [-0.4, -0.2) is 8.42 Å². The maximum atomic E-state index is 13.6. The monoisotopic (exact) mass is 333 g/mol. The topological polar surface area (TPSA) is 46.2 Å². The molecule has 3 rings (SSSR count). The van der Waals surface area contributed by atoms with E-state index in [4.69, 9.17) is 0 Å². The Morgan fingerprint density at radius 1 is 0.913 bits per heavy atom. The van der Waals surface area contributed by atoms with Gasteiger partial charge in [-0.15, -0.1) is 0 Å². The van der Waals surface area contributed by atoms with Crippen LogP contribution in [-0.2, 0) is 16.6 Å². The molecule has 118 valence electrons. The smallest absolute Gasteiger partial charge is 0.207 e. The highest BCUT2D eigenvalue weighted by atomic mass is 32.2. The van der Waals surface area contributed by atoms with Crippen LogP contribution in [0.5, 0.6) is 0 Å². The first kappa shape index (κ1) is 15.6. The molecule has 0 unspecified atom stereocenters. The van der Waals surface area contributed by atoms with E-state index in [1.54, 1.807) is 30.3 Å². The summed E-state index contributed by atoms with van der Waals surface area (Å²) in [5.41, 5.74) is -0.0474. The molecule has 0 radical (unpaired) electrons. The highest BCUT2D eigenvalue weighted by molar-refractivity contribution is 7.89. The number of benzene rings is 3. The Morgan fingerprint density at radius 3 is 2.48 bits per heavy atom. The molecular weight excluding hydrogens is 320 g/mol. The Morgan fingerprint density at radius 2 is 1.65 bits per heavy atom. The zero-order chi connectivity index (χ0) is 16.4. The summed E-state index contributed by atoms with van der Waals surface area (Å²) in [7, 11) is -3.85. The molecule has 6 heteroatoms. The molecule has 0 atom stereocenters. The third kappa shape index (κ3) is 3.23. The molecule has 0 saturated carbocycles. The first-order valence-electron chi connectivity index (χ1n) is 6.89. The minimum Gasteiger partial charge on any atom is -0.207 e. The van der Waals surface area contributed by atoms with E-state index in [0.29, 0.717) is 5.39 Å². The van der Waals surface area contributed by atoms with Crippen molar-refractivity contribution in [3.05, 3.63) is 77.9 Å². The Bertz CT molecular complexity index is 966. The third-order valence-electron chi connectivity index (χ3n) is 3.50. The van der Waals surface area contributed by atoms with Crippen molar-refractivity contribution < 1.29 is 17.2 Å². The van der Waals surface area contributed by atoms with Crippen LogP contribution in [0.3, 0.4) is 0 Å². The van der Waals surface area contributed by atoms with Crippen molar-refractivity contribution in [1.29, 1.82) is 0 Å². The summed E-state index contributed by atoms with van der Waals surface area (Å²) in [6.45, 7) is -0.324. The van der Waals surface area contributed by atoms with Crippen molar-refractivity contribution >= 4 is 20.8 Å². The van der Waals surface area contributed by atoms with Gasteiger partial charge in [0.05, 0.1) is 4.90 Å². The van der Waals surface area contributed by atoms with Gasteiger partial charge in [-0.3, -0.25) is 0 Å². The van der Waals surface area contributed by atoms with E-state index >= 15 is 0 Å². The zero-order valence-corrected chi connectivity index (χ0v) is 12.8.